The molecule has 110 valence electrons. The summed E-state index contributed by atoms with van der Waals surface area (Å²) in [5.74, 6) is -0.539. The Morgan fingerprint density at radius 1 is 1.30 bits per heavy atom. The maximum Gasteiger partial charge on any atom is 0.308 e. The topological polar surface area (TPSA) is 83.8 Å². The molecule has 2 unspecified atom stereocenters. The zero-order chi connectivity index (χ0) is 15.1. The van der Waals surface area contributed by atoms with E-state index in [1.807, 2.05) is 0 Å². The van der Waals surface area contributed by atoms with E-state index in [0.717, 1.165) is 5.56 Å². The summed E-state index contributed by atoms with van der Waals surface area (Å²) in [5.41, 5.74) is 1.23. The van der Waals surface area contributed by atoms with Gasteiger partial charge in [0, 0.05) is 6.42 Å². The molecule has 0 bridgehead atoms. The summed E-state index contributed by atoms with van der Waals surface area (Å²) in [5, 5.41) is 19.8. The van der Waals surface area contributed by atoms with Crippen LogP contribution in [0.3, 0.4) is 0 Å². The van der Waals surface area contributed by atoms with Gasteiger partial charge in [-0.1, -0.05) is 24.3 Å². The molecule has 0 saturated heterocycles. The standard InChI is InChI=1S/C15H20O5/c1-3-20-14(18)9-13(17)15(19)12-6-4-5-11(8-12)7-10(2)16/h4-6,8,13,15,17,19H,3,7,9H2,1-2H3. The van der Waals surface area contributed by atoms with Crippen LogP contribution in [-0.4, -0.2) is 34.7 Å². The van der Waals surface area contributed by atoms with Gasteiger partial charge in [0.15, 0.2) is 0 Å². The van der Waals surface area contributed by atoms with E-state index in [0.29, 0.717) is 5.56 Å². The number of carbonyl (C=O) groups excluding carboxylic acids is 2. The molecule has 20 heavy (non-hydrogen) atoms. The molecule has 0 aliphatic carbocycles. The lowest BCUT2D eigenvalue weighted by molar-refractivity contribution is -0.147. The Bertz CT molecular complexity index is 469. The number of esters is 1. The number of benzene rings is 1. The highest BCUT2D eigenvalue weighted by atomic mass is 16.5. The molecule has 1 rings (SSSR count). The Morgan fingerprint density at radius 3 is 2.60 bits per heavy atom. The second kappa shape index (κ2) is 7.77. The minimum absolute atomic E-state index is 0.0173. The molecule has 5 nitrogen and oxygen atoms in total. The van der Waals surface area contributed by atoms with E-state index >= 15 is 0 Å². The van der Waals surface area contributed by atoms with Crippen molar-refractivity contribution < 1.29 is 24.5 Å². The van der Waals surface area contributed by atoms with Crippen LogP contribution in [-0.2, 0) is 20.7 Å². The average Bonchev–Trinajstić information content (AvgIpc) is 2.37. The summed E-state index contributed by atoms with van der Waals surface area (Å²) in [7, 11) is 0. The van der Waals surface area contributed by atoms with E-state index in [1.54, 1.807) is 31.2 Å². The van der Waals surface area contributed by atoms with Crippen molar-refractivity contribution in [3.8, 4) is 0 Å². The molecule has 0 aromatic heterocycles. The van der Waals surface area contributed by atoms with Gasteiger partial charge in [-0.15, -0.1) is 0 Å². The molecule has 5 heteroatoms. The van der Waals surface area contributed by atoms with Crippen LogP contribution < -0.4 is 0 Å². The van der Waals surface area contributed by atoms with Crippen LogP contribution >= 0.6 is 0 Å². The molecule has 0 radical (unpaired) electrons. The van der Waals surface area contributed by atoms with Gasteiger partial charge in [0.2, 0.25) is 0 Å². The number of Topliss-reactive ketones (excluding diaryl/α,β-unsaturated/α-hetero) is 1. The molecular weight excluding hydrogens is 260 g/mol. The Morgan fingerprint density at radius 2 is 2.00 bits per heavy atom. The first kappa shape index (κ1) is 16.3. The molecule has 0 heterocycles. The van der Waals surface area contributed by atoms with Crippen molar-refractivity contribution in [2.24, 2.45) is 0 Å². The number of aliphatic hydroxyl groups is 2. The lowest BCUT2D eigenvalue weighted by Crippen LogP contribution is -2.23. The highest BCUT2D eigenvalue weighted by Crippen LogP contribution is 2.20. The predicted molar refractivity (Wildman–Crippen MR) is 73.0 cm³/mol. The van der Waals surface area contributed by atoms with Gasteiger partial charge in [-0.05, 0) is 25.0 Å². The third-order valence-electron chi connectivity index (χ3n) is 2.79. The Hall–Kier alpha value is -1.72. The van der Waals surface area contributed by atoms with Crippen LogP contribution in [0.25, 0.3) is 0 Å². The van der Waals surface area contributed by atoms with Gasteiger partial charge in [0.25, 0.3) is 0 Å². The van der Waals surface area contributed by atoms with Gasteiger partial charge in [-0.2, -0.15) is 0 Å². The van der Waals surface area contributed by atoms with E-state index in [9.17, 15) is 19.8 Å². The van der Waals surface area contributed by atoms with Crippen molar-refractivity contribution in [1.82, 2.24) is 0 Å². The van der Waals surface area contributed by atoms with E-state index in [4.69, 9.17) is 4.74 Å². The summed E-state index contributed by atoms with van der Waals surface area (Å²) >= 11 is 0. The second-order valence-electron chi connectivity index (χ2n) is 4.65. The lowest BCUT2D eigenvalue weighted by atomic mass is 9.98. The SMILES string of the molecule is CCOC(=O)CC(O)C(O)c1cccc(CC(C)=O)c1. The summed E-state index contributed by atoms with van der Waals surface area (Å²) in [6, 6.07) is 6.77. The van der Waals surface area contributed by atoms with E-state index in [2.05, 4.69) is 0 Å². The smallest absolute Gasteiger partial charge is 0.308 e. The van der Waals surface area contributed by atoms with Crippen molar-refractivity contribution >= 4 is 11.8 Å². The van der Waals surface area contributed by atoms with Gasteiger partial charge in [-0.25, -0.2) is 0 Å². The Balaban J connectivity index is 2.73. The Labute approximate surface area is 118 Å². The van der Waals surface area contributed by atoms with Crippen molar-refractivity contribution in [2.45, 2.75) is 38.9 Å². The molecule has 0 spiro atoms. The molecule has 0 saturated carbocycles. The van der Waals surface area contributed by atoms with Crippen LogP contribution in [0.5, 0.6) is 0 Å². The number of aliphatic hydroxyl groups excluding tert-OH is 2. The number of hydrogen-bond donors (Lipinski definition) is 2. The fraction of sp³-hybridized carbons (Fsp3) is 0.467. The van der Waals surface area contributed by atoms with Crippen molar-refractivity contribution in [2.75, 3.05) is 6.61 Å². The molecular formula is C15H20O5. The zero-order valence-electron chi connectivity index (χ0n) is 11.7. The van der Waals surface area contributed by atoms with Crippen LogP contribution in [0.15, 0.2) is 24.3 Å². The first-order valence-corrected chi connectivity index (χ1v) is 6.54. The molecule has 2 atom stereocenters. The van der Waals surface area contributed by atoms with E-state index < -0.39 is 18.2 Å². The minimum atomic E-state index is -1.23. The minimum Gasteiger partial charge on any atom is -0.466 e. The lowest BCUT2D eigenvalue weighted by Gasteiger charge is -2.18. The largest absolute Gasteiger partial charge is 0.466 e. The number of ketones is 1. The number of hydrogen-bond acceptors (Lipinski definition) is 5. The Kier molecular flexibility index (Phi) is 6.35. The average molecular weight is 280 g/mol. The van der Waals surface area contributed by atoms with Gasteiger partial charge in [0.1, 0.15) is 11.9 Å². The van der Waals surface area contributed by atoms with E-state index in [1.165, 1.54) is 6.92 Å². The van der Waals surface area contributed by atoms with Crippen molar-refractivity contribution in [1.29, 1.82) is 0 Å². The first-order chi connectivity index (χ1) is 9.43. The molecule has 0 aliphatic heterocycles. The fourth-order valence-electron chi connectivity index (χ4n) is 1.90. The maximum absolute atomic E-state index is 11.3. The predicted octanol–water partition coefficient (Wildman–Crippen LogP) is 1.17. The molecule has 1 aromatic rings. The fourth-order valence-corrected chi connectivity index (χ4v) is 1.90. The van der Waals surface area contributed by atoms with Crippen molar-refractivity contribution in [3.05, 3.63) is 35.4 Å². The molecule has 2 N–H and O–H groups in total. The third kappa shape index (κ3) is 5.11. The summed E-state index contributed by atoms with van der Waals surface area (Å²) in [6.45, 7) is 3.39. The molecule has 0 aliphatic rings. The monoisotopic (exact) mass is 280 g/mol. The number of carbonyl (C=O) groups is 2. The first-order valence-electron chi connectivity index (χ1n) is 6.54. The second-order valence-corrected chi connectivity index (χ2v) is 4.65. The summed E-state index contributed by atoms with van der Waals surface area (Å²) < 4.78 is 4.72. The van der Waals surface area contributed by atoms with Gasteiger partial charge in [-0.3, -0.25) is 9.59 Å². The van der Waals surface area contributed by atoms with Gasteiger partial charge < -0.3 is 14.9 Å². The summed E-state index contributed by atoms with van der Waals surface area (Å²) in [6.07, 6.45) is -2.42. The highest BCUT2D eigenvalue weighted by molar-refractivity contribution is 5.78. The normalized spacial score (nSPS) is 13.6. The van der Waals surface area contributed by atoms with Crippen LogP contribution in [0.1, 0.15) is 37.5 Å². The quantitative estimate of drug-likeness (QED) is 0.732. The molecule has 0 amide bonds. The van der Waals surface area contributed by atoms with Crippen LogP contribution in [0.2, 0.25) is 0 Å². The number of ether oxygens (including phenoxy) is 1. The maximum atomic E-state index is 11.3. The zero-order valence-corrected chi connectivity index (χ0v) is 11.7. The van der Waals surface area contributed by atoms with Gasteiger partial charge >= 0.3 is 5.97 Å². The highest BCUT2D eigenvalue weighted by Gasteiger charge is 2.22. The van der Waals surface area contributed by atoms with Crippen LogP contribution in [0.4, 0.5) is 0 Å². The molecule has 1 aromatic carbocycles. The van der Waals surface area contributed by atoms with E-state index in [-0.39, 0.29) is 25.2 Å². The number of rotatable bonds is 7. The van der Waals surface area contributed by atoms with Gasteiger partial charge in [0.05, 0.1) is 19.1 Å². The third-order valence-corrected chi connectivity index (χ3v) is 2.79. The van der Waals surface area contributed by atoms with Crippen LogP contribution in [0, 0.1) is 0 Å². The molecule has 0 fully saturated rings. The summed E-state index contributed by atoms with van der Waals surface area (Å²) in [4.78, 5) is 22.3. The van der Waals surface area contributed by atoms with Crippen molar-refractivity contribution in [3.63, 3.8) is 0 Å².